The van der Waals surface area contributed by atoms with Crippen LogP contribution in [0.5, 0.6) is 0 Å². The molecule has 0 bridgehead atoms. The standard InChI is InChI=1S/C11H17F3N2O/c1-2-16-5-3-10(8-16)7-15-4-6-17-9-11(12,13)14/h3,5,8,15H,2,4,6-7,9H2,1H3. The van der Waals surface area contributed by atoms with Gasteiger partial charge in [-0.1, -0.05) is 0 Å². The number of hydrogen-bond donors (Lipinski definition) is 1. The summed E-state index contributed by atoms with van der Waals surface area (Å²) in [6.45, 7) is 2.89. The molecular formula is C11H17F3N2O. The number of ether oxygens (including phenoxy) is 1. The number of rotatable bonds is 7. The maximum Gasteiger partial charge on any atom is 0.411 e. The predicted octanol–water partition coefficient (Wildman–Crippen LogP) is 2.18. The number of alkyl halides is 3. The zero-order valence-corrected chi connectivity index (χ0v) is 9.76. The molecule has 6 heteroatoms. The fourth-order valence-electron chi connectivity index (χ4n) is 1.36. The third-order valence-electron chi connectivity index (χ3n) is 2.19. The maximum absolute atomic E-state index is 11.7. The number of nitrogens with zero attached hydrogens (tertiary/aromatic N) is 1. The second kappa shape index (κ2) is 6.66. The number of aryl methyl sites for hydroxylation is 1. The van der Waals surface area contributed by atoms with E-state index >= 15 is 0 Å². The molecule has 0 atom stereocenters. The number of hydrogen-bond acceptors (Lipinski definition) is 2. The second-order valence-electron chi connectivity index (χ2n) is 3.69. The van der Waals surface area contributed by atoms with E-state index in [1.54, 1.807) is 0 Å². The number of nitrogens with one attached hydrogen (secondary N) is 1. The molecule has 1 rings (SSSR count). The summed E-state index contributed by atoms with van der Waals surface area (Å²) in [7, 11) is 0. The highest BCUT2D eigenvalue weighted by molar-refractivity contribution is 5.09. The summed E-state index contributed by atoms with van der Waals surface area (Å²) in [6.07, 6.45) is -0.265. The van der Waals surface area contributed by atoms with Crippen molar-refractivity contribution in [1.29, 1.82) is 0 Å². The van der Waals surface area contributed by atoms with E-state index in [1.165, 1.54) is 0 Å². The zero-order chi connectivity index (χ0) is 12.7. The van der Waals surface area contributed by atoms with E-state index in [-0.39, 0.29) is 6.61 Å². The van der Waals surface area contributed by atoms with E-state index in [9.17, 15) is 13.2 Å². The lowest BCUT2D eigenvalue weighted by Crippen LogP contribution is -2.23. The van der Waals surface area contributed by atoms with Crippen molar-refractivity contribution < 1.29 is 17.9 Å². The molecule has 1 aromatic rings. The highest BCUT2D eigenvalue weighted by Crippen LogP contribution is 2.13. The SMILES string of the molecule is CCn1ccc(CNCCOCC(F)(F)F)c1. The van der Waals surface area contributed by atoms with Crippen molar-refractivity contribution in [3.05, 3.63) is 24.0 Å². The van der Waals surface area contributed by atoms with Crippen LogP contribution in [0, 0.1) is 0 Å². The maximum atomic E-state index is 11.7. The fourth-order valence-corrected chi connectivity index (χ4v) is 1.36. The molecule has 0 aliphatic rings. The van der Waals surface area contributed by atoms with Gasteiger partial charge in [-0.3, -0.25) is 0 Å². The number of aromatic nitrogens is 1. The van der Waals surface area contributed by atoms with Crippen LogP contribution in [0.25, 0.3) is 0 Å². The summed E-state index contributed by atoms with van der Waals surface area (Å²) in [5.74, 6) is 0. The number of halogens is 3. The summed E-state index contributed by atoms with van der Waals surface area (Å²) < 4.78 is 41.7. The summed E-state index contributed by atoms with van der Waals surface area (Å²) in [6, 6.07) is 1.98. The van der Waals surface area contributed by atoms with E-state index in [2.05, 4.69) is 10.1 Å². The van der Waals surface area contributed by atoms with Crippen LogP contribution in [0.2, 0.25) is 0 Å². The van der Waals surface area contributed by atoms with Gasteiger partial charge in [-0.15, -0.1) is 0 Å². The van der Waals surface area contributed by atoms with Crippen molar-refractivity contribution in [2.24, 2.45) is 0 Å². The van der Waals surface area contributed by atoms with Crippen LogP contribution in [0.15, 0.2) is 18.5 Å². The second-order valence-corrected chi connectivity index (χ2v) is 3.69. The Morgan fingerprint density at radius 1 is 1.41 bits per heavy atom. The first-order valence-electron chi connectivity index (χ1n) is 5.51. The van der Waals surface area contributed by atoms with E-state index in [0.29, 0.717) is 13.1 Å². The van der Waals surface area contributed by atoms with E-state index < -0.39 is 12.8 Å². The fraction of sp³-hybridized carbons (Fsp3) is 0.636. The molecule has 0 aliphatic carbocycles. The Balaban J connectivity index is 2.04. The van der Waals surface area contributed by atoms with Gasteiger partial charge in [-0.2, -0.15) is 13.2 Å². The van der Waals surface area contributed by atoms with Gasteiger partial charge < -0.3 is 14.6 Å². The van der Waals surface area contributed by atoms with Crippen LogP contribution in [-0.4, -0.2) is 30.5 Å². The topological polar surface area (TPSA) is 26.2 Å². The van der Waals surface area contributed by atoms with Crippen molar-refractivity contribution >= 4 is 0 Å². The molecule has 0 aromatic carbocycles. The molecule has 0 amide bonds. The van der Waals surface area contributed by atoms with Crippen LogP contribution >= 0.6 is 0 Å². The quantitative estimate of drug-likeness (QED) is 0.751. The molecule has 17 heavy (non-hydrogen) atoms. The van der Waals surface area contributed by atoms with E-state index in [1.807, 2.05) is 30.0 Å². The average molecular weight is 250 g/mol. The Kier molecular flexibility index (Phi) is 5.50. The molecule has 3 nitrogen and oxygen atoms in total. The van der Waals surface area contributed by atoms with Crippen molar-refractivity contribution in [2.75, 3.05) is 19.8 Å². The minimum atomic E-state index is -4.24. The van der Waals surface area contributed by atoms with Gasteiger partial charge in [0, 0.05) is 32.0 Å². The Morgan fingerprint density at radius 3 is 2.76 bits per heavy atom. The molecular weight excluding hydrogens is 233 g/mol. The highest BCUT2D eigenvalue weighted by atomic mass is 19.4. The van der Waals surface area contributed by atoms with E-state index in [4.69, 9.17) is 0 Å². The largest absolute Gasteiger partial charge is 0.411 e. The molecule has 1 aromatic heterocycles. The van der Waals surface area contributed by atoms with Crippen molar-refractivity contribution in [1.82, 2.24) is 9.88 Å². The smallest absolute Gasteiger partial charge is 0.371 e. The third kappa shape index (κ3) is 6.33. The van der Waals surface area contributed by atoms with Gasteiger partial charge in [-0.05, 0) is 18.6 Å². The molecule has 0 saturated heterocycles. The Hall–Kier alpha value is -1.01. The van der Waals surface area contributed by atoms with Crippen molar-refractivity contribution in [2.45, 2.75) is 26.2 Å². The lowest BCUT2D eigenvalue weighted by molar-refractivity contribution is -0.173. The monoisotopic (exact) mass is 250 g/mol. The van der Waals surface area contributed by atoms with Crippen LogP contribution < -0.4 is 5.32 Å². The molecule has 1 heterocycles. The van der Waals surface area contributed by atoms with Gasteiger partial charge in [-0.25, -0.2) is 0 Å². The van der Waals surface area contributed by atoms with Crippen molar-refractivity contribution in [3.63, 3.8) is 0 Å². The van der Waals surface area contributed by atoms with Crippen LogP contribution in [-0.2, 0) is 17.8 Å². The third-order valence-corrected chi connectivity index (χ3v) is 2.19. The molecule has 0 fully saturated rings. The normalized spacial score (nSPS) is 12.0. The summed E-state index contributed by atoms with van der Waals surface area (Å²) in [5, 5.41) is 3.02. The van der Waals surface area contributed by atoms with E-state index in [0.717, 1.165) is 12.1 Å². The van der Waals surface area contributed by atoms with Gasteiger partial charge in [0.05, 0.1) is 6.61 Å². The van der Waals surface area contributed by atoms with Crippen LogP contribution in [0.1, 0.15) is 12.5 Å². The Labute approximate surface area is 98.6 Å². The Bertz CT molecular complexity index is 323. The molecule has 0 radical (unpaired) electrons. The first kappa shape index (κ1) is 14.1. The Morgan fingerprint density at radius 2 is 2.18 bits per heavy atom. The van der Waals surface area contributed by atoms with Crippen molar-refractivity contribution in [3.8, 4) is 0 Å². The zero-order valence-electron chi connectivity index (χ0n) is 9.76. The summed E-state index contributed by atoms with van der Waals surface area (Å²) in [4.78, 5) is 0. The predicted molar refractivity (Wildman–Crippen MR) is 58.7 cm³/mol. The lowest BCUT2D eigenvalue weighted by atomic mass is 10.3. The van der Waals surface area contributed by atoms with Gasteiger partial charge in [0.15, 0.2) is 0 Å². The van der Waals surface area contributed by atoms with Crippen LogP contribution in [0.4, 0.5) is 13.2 Å². The van der Waals surface area contributed by atoms with Gasteiger partial charge in [0.25, 0.3) is 0 Å². The first-order chi connectivity index (χ1) is 8.01. The molecule has 0 saturated carbocycles. The van der Waals surface area contributed by atoms with Gasteiger partial charge >= 0.3 is 6.18 Å². The van der Waals surface area contributed by atoms with Gasteiger partial charge in [0.2, 0.25) is 0 Å². The lowest BCUT2D eigenvalue weighted by Gasteiger charge is -2.07. The summed E-state index contributed by atoms with van der Waals surface area (Å²) in [5.41, 5.74) is 1.11. The average Bonchev–Trinajstić information content (AvgIpc) is 2.69. The summed E-state index contributed by atoms with van der Waals surface area (Å²) >= 11 is 0. The van der Waals surface area contributed by atoms with Gasteiger partial charge in [0.1, 0.15) is 6.61 Å². The molecule has 0 spiro atoms. The van der Waals surface area contributed by atoms with Crippen LogP contribution in [0.3, 0.4) is 0 Å². The first-order valence-corrected chi connectivity index (χ1v) is 5.51. The minimum absolute atomic E-state index is 0.0635. The molecule has 0 unspecified atom stereocenters. The molecule has 0 aliphatic heterocycles. The highest BCUT2D eigenvalue weighted by Gasteiger charge is 2.27. The molecule has 98 valence electrons. The molecule has 1 N–H and O–H groups in total. The minimum Gasteiger partial charge on any atom is -0.371 e.